The van der Waals surface area contributed by atoms with Gasteiger partial charge in [0.05, 0.1) is 0 Å². The third-order valence-electron chi connectivity index (χ3n) is 10.2. The van der Waals surface area contributed by atoms with Crippen molar-refractivity contribution in [3.05, 3.63) is 60.7 Å². The molecule has 4 fully saturated rings. The zero-order valence-electron chi connectivity index (χ0n) is 29.3. The fraction of sp³-hybridized carbons (Fsp3) is 0.650. The van der Waals surface area contributed by atoms with Crippen LogP contribution in [0.25, 0.3) is 0 Å². The topological polar surface area (TPSA) is 31.2 Å². The van der Waals surface area contributed by atoms with Crippen molar-refractivity contribution in [2.75, 3.05) is 0 Å². The van der Waals surface area contributed by atoms with E-state index < -0.39 is 15.9 Å². The molecule has 0 bridgehead atoms. The van der Waals surface area contributed by atoms with E-state index in [1.807, 2.05) is 60.7 Å². The molecule has 2 aromatic rings. The van der Waals surface area contributed by atoms with Crippen LogP contribution in [0.1, 0.15) is 142 Å². The van der Waals surface area contributed by atoms with Crippen molar-refractivity contribution in [1.82, 2.24) is 7.71 Å². The predicted octanol–water partition coefficient (Wildman–Crippen LogP) is 8.25. The van der Waals surface area contributed by atoms with E-state index in [0.717, 1.165) is 12.1 Å². The van der Waals surface area contributed by atoms with Crippen LogP contribution in [-0.2, 0) is 0 Å². The number of hydrogen-bond acceptors (Lipinski definition) is 2. The molecular formula is C40H60GeN4Se2. The average Bonchev–Trinajstić information content (AvgIpc) is 3.11. The second kappa shape index (κ2) is 22.6. The van der Waals surface area contributed by atoms with Crippen molar-refractivity contribution in [3.63, 3.8) is 0 Å². The molecule has 4 radical (unpaired) electrons. The van der Waals surface area contributed by atoms with E-state index in [1.165, 1.54) is 149 Å². The molecule has 0 atom stereocenters. The third kappa shape index (κ3) is 14.8. The van der Waals surface area contributed by atoms with Crippen LogP contribution in [0.2, 0.25) is 0 Å². The summed E-state index contributed by atoms with van der Waals surface area (Å²) in [5.74, 6) is 2.75. The quantitative estimate of drug-likeness (QED) is 0.167. The van der Waals surface area contributed by atoms with Crippen molar-refractivity contribution in [3.8, 4) is 0 Å². The van der Waals surface area contributed by atoms with Crippen molar-refractivity contribution in [2.45, 2.75) is 166 Å². The van der Waals surface area contributed by atoms with Gasteiger partial charge in [-0.3, -0.25) is 0 Å². The molecule has 0 saturated heterocycles. The van der Waals surface area contributed by atoms with E-state index in [4.69, 9.17) is 9.98 Å². The minimum atomic E-state index is -0.469. The third-order valence-corrected chi connectivity index (χ3v) is 15.1. The Balaban J connectivity index is 0.000000292. The van der Waals surface area contributed by atoms with Gasteiger partial charge in [-0.15, -0.1) is 0 Å². The molecule has 0 N–H and O–H groups in total. The minimum absolute atomic E-state index is 0.469. The van der Waals surface area contributed by atoms with Gasteiger partial charge in [-0.25, -0.2) is 0 Å². The Labute approximate surface area is 311 Å². The number of nitrogens with zero attached hydrogens (tertiary/aromatic N) is 4. The Morgan fingerprint density at radius 1 is 0.489 bits per heavy atom. The molecule has 0 spiro atoms. The number of rotatable bonds is 6. The molecule has 0 aromatic heterocycles. The monoisotopic (exact) mass is 830 g/mol. The summed E-state index contributed by atoms with van der Waals surface area (Å²) in [5.41, 5.74) is 0. The summed E-state index contributed by atoms with van der Waals surface area (Å²) in [6.07, 6.45) is 27.5. The van der Waals surface area contributed by atoms with E-state index in [1.54, 1.807) is 0 Å². The molecule has 0 unspecified atom stereocenters. The van der Waals surface area contributed by atoms with Crippen LogP contribution >= 0.6 is 0 Å². The van der Waals surface area contributed by atoms with Crippen LogP contribution in [0.3, 0.4) is 0 Å². The standard InChI is InChI=1S/C28H50GeN4.2C6H5Se/c1-23(30-25-15-7-3-8-16-25)32(27-19-11-5-12-20-27)29-33(28-21-13-6-14-22-28)24(2)31-26-17-9-4-10-18-26;2*7-6-4-2-1-3-5-6/h25-28H,3-22H2,1-2H3;2*1-5H. The molecule has 7 heteroatoms. The van der Waals surface area contributed by atoms with Gasteiger partial charge in [-0.2, -0.15) is 0 Å². The summed E-state index contributed by atoms with van der Waals surface area (Å²) in [6.45, 7) is 4.72. The van der Waals surface area contributed by atoms with Crippen molar-refractivity contribution in [1.29, 1.82) is 0 Å². The summed E-state index contributed by atoms with van der Waals surface area (Å²) < 4.78 is 8.12. The second-order valence-corrected chi connectivity index (χ2v) is 18.4. The number of amidine groups is 2. The Bertz CT molecular complexity index is 1060. The van der Waals surface area contributed by atoms with Gasteiger partial charge in [0, 0.05) is 0 Å². The van der Waals surface area contributed by atoms with Gasteiger partial charge in [-0.05, 0) is 0 Å². The van der Waals surface area contributed by atoms with Gasteiger partial charge < -0.3 is 0 Å². The fourth-order valence-corrected chi connectivity index (χ4v) is 11.3. The van der Waals surface area contributed by atoms with Crippen LogP contribution < -0.4 is 8.92 Å². The first-order chi connectivity index (χ1) is 23.0. The van der Waals surface area contributed by atoms with Crippen LogP contribution in [0.5, 0.6) is 0 Å². The molecular weight excluding hydrogens is 767 g/mol. The van der Waals surface area contributed by atoms with E-state index >= 15 is 0 Å². The number of benzene rings is 2. The van der Waals surface area contributed by atoms with Crippen LogP contribution in [0.15, 0.2) is 70.6 Å². The zero-order valence-corrected chi connectivity index (χ0v) is 34.9. The Morgan fingerprint density at radius 2 is 0.787 bits per heavy atom. The van der Waals surface area contributed by atoms with Gasteiger partial charge in [-0.1, -0.05) is 0 Å². The maximum absolute atomic E-state index is 5.39. The molecule has 4 aliphatic rings. The normalized spacial score (nSPS) is 20.7. The van der Waals surface area contributed by atoms with Crippen molar-refractivity contribution < 1.29 is 0 Å². The van der Waals surface area contributed by atoms with Gasteiger partial charge in [0.15, 0.2) is 0 Å². The molecule has 4 saturated carbocycles. The average molecular weight is 827 g/mol. The Hall–Kier alpha value is -1.04. The molecule has 47 heavy (non-hydrogen) atoms. The first-order valence-electron chi connectivity index (χ1n) is 18.9. The molecule has 2 aromatic carbocycles. The maximum atomic E-state index is 5.39. The van der Waals surface area contributed by atoms with Crippen LogP contribution in [0, 0.1) is 0 Å². The van der Waals surface area contributed by atoms with E-state index in [9.17, 15) is 0 Å². The first kappa shape index (κ1) is 38.8. The SMILES string of the molecule is CC(=NC1CCCCC1)[N]([Ge][N](C(C)=NC1CCCCC1)C1CCCCC1)C1CCCCC1.[Se]c1ccccc1.[Se]c1ccccc1. The summed E-state index contributed by atoms with van der Waals surface area (Å²) in [7, 11) is 0. The summed E-state index contributed by atoms with van der Waals surface area (Å²) in [6, 6.07) is 22.7. The second-order valence-electron chi connectivity index (χ2n) is 14.0. The predicted molar refractivity (Wildman–Crippen MR) is 207 cm³/mol. The fourth-order valence-electron chi connectivity index (χ4n) is 7.55. The van der Waals surface area contributed by atoms with Gasteiger partial charge in [0.2, 0.25) is 0 Å². The van der Waals surface area contributed by atoms with Gasteiger partial charge in [0.1, 0.15) is 0 Å². The summed E-state index contributed by atoms with van der Waals surface area (Å²) in [4.78, 5) is 10.8. The zero-order chi connectivity index (χ0) is 33.1. The van der Waals surface area contributed by atoms with E-state index in [2.05, 4.69) is 53.6 Å². The molecule has 4 nitrogen and oxygen atoms in total. The first-order valence-corrected chi connectivity index (χ1v) is 22.5. The molecule has 256 valence electrons. The molecule has 4 aliphatic carbocycles. The number of hydrogen-bond donors (Lipinski definition) is 0. The van der Waals surface area contributed by atoms with Gasteiger partial charge in [0.25, 0.3) is 0 Å². The van der Waals surface area contributed by atoms with E-state index in [-0.39, 0.29) is 0 Å². The Kier molecular flexibility index (Phi) is 18.7. The molecule has 0 heterocycles. The van der Waals surface area contributed by atoms with Gasteiger partial charge >= 0.3 is 313 Å². The van der Waals surface area contributed by atoms with Crippen LogP contribution in [0.4, 0.5) is 0 Å². The molecule has 0 aliphatic heterocycles. The van der Waals surface area contributed by atoms with E-state index in [0.29, 0.717) is 12.1 Å². The molecule has 0 amide bonds. The molecule has 6 rings (SSSR count). The Morgan fingerprint density at radius 3 is 1.06 bits per heavy atom. The van der Waals surface area contributed by atoms with Crippen molar-refractivity contribution in [2.24, 2.45) is 9.98 Å². The summed E-state index contributed by atoms with van der Waals surface area (Å²) in [5, 5.41) is 0. The van der Waals surface area contributed by atoms with Crippen LogP contribution in [-0.4, -0.2) is 91.5 Å². The summed E-state index contributed by atoms with van der Waals surface area (Å²) >= 11 is 5.34. The number of aliphatic imine (C=N–C) groups is 2. The van der Waals surface area contributed by atoms with Crippen molar-refractivity contribution >= 4 is 68.5 Å².